The number of sulfone groups is 1. The summed E-state index contributed by atoms with van der Waals surface area (Å²) in [6.45, 7) is 0. The normalized spacial score (nSPS) is 12.4. The molecule has 2 rings (SSSR count). The minimum atomic E-state index is -4.45. The van der Waals surface area contributed by atoms with E-state index < -0.39 is 21.6 Å². The molecule has 0 aliphatic rings. The summed E-state index contributed by atoms with van der Waals surface area (Å²) in [5.74, 6) is 0. The van der Waals surface area contributed by atoms with E-state index in [1.165, 1.54) is 30.3 Å². The summed E-state index contributed by atoms with van der Waals surface area (Å²) in [4.78, 5) is 0.0238. The average Bonchev–Trinajstić information content (AvgIpc) is 2.36. The number of alkyl halides is 3. The maximum atomic E-state index is 12.7. The fourth-order valence-corrected chi connectivity index (χ4v) is 2.55. The van der Waals surface area contributed by atoms with Crippen LogP contribution in [0, 0.1) is 0 Å². The van der Waals surface area contributed by atoms with Crippen molar-refractivity contribution in [3.8, 4) is 11.1 Å². The molecule has 0 heterocycles. The minimum Gasteiger partial charge on any atom is -0.398 e. The Kier molecular flexibility index (Phi) is 3.71. The summed E-state index contributed by atoms with van der Waals surface area (Å²) in [7, 11) is -3.42. The highest BCUT2D eigenvalue weighted by atomic mass is 32.2. The van der Waals surface area contributed by atoms with Crippen LogP contribution < -0.4 is 5.73 Å². The number of rotatable bonds is 2. The number of hydrogen-bond donors (Lipinski definition) is 1. The molecule has 21 heavy (non-hydrogen) atoms. The second kappa shape index (κ2) is 5.07. The third-order valence-electron chi connectivity index (χ3n) is 2.95. The van der Waals surface area contributed by atoms with Crippen molar-refractivity contribution in [3.05, 3.63) is 48.0 Å². The Morgan fingerprint density at radius 1 is 1.05 bits per heavy atom. The smallest absolute Gasteiger partial charge is 0.398 e. The van der Waals surface area contributed by atoms with Crippen LogP contribution in [0.2, 0.25) is 0 Å². The van der Waals surface area contributed by atoms with Crippen molar-refractivity contribution in [1.82, 2.24) is 0 Å². The van der Waals surface area contributed by atoms with E-state index in [-0.39, 0.29) is 16.1 Å². The summed E-state index contributed by atoms with van der Waals surface area (Å²) in [5.41, 5.74) is 5.72. The summed E-state index contributed by atoms with van der Waals surface area (Å²) < 4.78 is 60.9. The van der Waals surface area contributed by atoms with Gasteiger partial charge < -0.3 is 5.73 Å². The van der Waals surface area contributed by atoms with Crippen LogP contribution in [0.15, 0.2) is 47.4 Å². The first-order valence-electron chi connectivity index (χ1n) is 5.86. The van der Waals surface area contributed by atoms with Gasteiger partial charge in [0.05, 0.1) is 10.5 Å². The Morgan fingerprint density at radius 2 is 1.71 bits per heavy atom. The minimum absolute atomic E-state index is 0.0238. The standard InChI is InChI=1S/C14H12F3NO2S/c1-21(19,20)11-5-6-12(13(18)8-11)9-3-2-4-10(7-9)14(15,16)17/h2-8H,18H2,1H3. The first-order chi connectivity index (χ1) is 9.59. The molecule has 0 saturated heterocycles. The van der Waals surface area contributed by atoms with Crippen LogP contribution in [-0.4, -0.2) is 14.7 Å². The van der Waals surface area contributed by atoms with Gasteiger partial charge in [-0.2, -0.15) is 13.2 Å². The maximum absolute atomic E-state index is 12.7. The molecule has 3 nitrogen and oxygen atoms in total. The molecule has 0 aliphatic carbocycles. The molecule has 0 spiro atoms. The molecular weight excluding hydrogens is 303 g/mol. The fraction of sp³-hybridized carbons (Fsp3) is 0.143. The third-order valence-corrected chi connectivity index (χ3v) is 4.06. The molecule has 0 unspecified atom stereocenters. The Hall–Kier alpha value is -2.02. The second-order valence-electron chi connectivity index (χ2n) is 4.60. The lowest BCUT2D eigenvalue weighted by molar-refractivity contribution is -0.137. The van der Waals surface area contributed by atoms with Crippen molar-refractivity contribution in [2.75, 3.05) is 12.0 Å². The lowest BCUT2D eigenvalue weighted by Gasteiger charge is -2.11. The first kappa shape index (κ1) is 15.4. The van der Waals surface area contributed by atoms with E-state index in [4.69, 9.17) is 5.73 Å². The largest absolute Gasteiger partial charge is 0.416 e. The molecule has 0 aliphatic heterocycles. The van der Waals surface area contributed by atoms with Gasteiger partial charge in [0.25, 0.3) is 0 Å². The lowest BCUT2D eigenvalue weighted by atomic mass is 10.0. The Morgan fingerprint density at radius 3 is 2.24 bits per heavy atom. The van der Waals surface area contributed by atoms with E-state index in [1.54, 1.807) is 0 Å². The van der Waals surface area contributed by atoms with Gasteiger partial charge in [-0.15, -0.1) is 0 Å². The molecule has 112 valence electrons. The highest BCUT2D eigenvalue weighted by Crippen LogP contribution is 2.34. The number of benzene rings is 2. The Balaban J connectivity index is 2.53. The zero-order chi connectivity index (χ0) is 15.8. The summed E-state index contributed by atoms with van der Waals surface area (Å²) in [6.07, 6.45) is -3.41. The monoisotopic (exact) mass is 315 g/mol. The molecule has 0 saturated carbocycles. The van der Waals surface area contributed by atoms with Gasteiger partial charge >= 0.3 is 6.18 Å². The van der Waals surface area contributed by atoms with Crippen molar-refractivity contribution in [1.29, 1.82) is 0 Å². The van der Waals surface area contributed by atoms with Gasteiger partial charge in [0, 0.05) is 17.5 Å². The molecular formula is C14H12F3NO2S. The number of nitrogens with two attached hydrogens (primary N) is 1. The van der Waals surface area contributed by atoms with Crippen LogP contribution in [0.3, 0.4) is 0 Å². The van der Waals surface area contributed by atoms with E-state index >= 15 is 0 Å². The van der Waals surface area contributed by atoms with Crippen molar-refractivity contribution in [2.24, 2.45) is 0 Å². The summed E-state index contributed by atoms with van der Waals surface area (Å²) in [5, 5.41) is 0. The Labute approximate surface area is 120 Å². The molecule has 7 heteroatoms. The van der Waals surface area contributed by atoms with E-state index in [9.17, 15) is 21.6 Å². The zero-order valence-corrected chi connectivity index (χ0v) is 11.8. The van der Waals surface area contributed by atoms with Crippen LogP contribution in [0.1, 0.15) is 5.56 Å². The molecule has 2 N–H and O–H groups in total. The zero-order valence-electron chi connectivity index (χ0n) is 11.0. The highest BCUT2D eigenvalue weighted by molar-refractivity contribution is 7.90. The van der Waals surface area contributed by atoms with E-state index in [2.05, 4.69) is 0 Å². The molecule has 0 radical (unpaired) electrons. The van der Waals surface area contributed by atoms with Crippen molar-refractivity contribution in [3.63, 3.8) is 0 Å². The summed E-state index contributed by atoms with van der Waals surface area (Å²) in [6, 6.07) is 8.67. The van der Waals surface area contributed by atoms with Gasteiger partial charge in [0.15, 0.2) is 9.84 Å². The van der Waals surface area contributed by atoms with Crippen LogP contribution in [0.25, 0.3) is 11.1 Å². The third kappa shape index (κ3) is 3.36. The number of nitrogen functional groups attached to an aromatic ring is 1. The van der Waals surface area contributed by atoms with Crippen molar-refractivity contribution < 1.29 is 21.6 Å². The topological polar surface area (TPSA) is 60.2 Å². The molecule has 2 aromatic carbocycles. The average molecular weight is 315 g/mol. The lowest BCUT2D eigenvalue weighted by Crippen LogP contribution is -2.05. The van der Waals surface area contributed by atoms with Crippen LogP contribution >= 0.6 is 0 Å². The van der Waals surface area contributed by atoms with E-state index in [0.717, 1.165) is 18.4 Å². The predicted octanol–water partition coefficient (Wildman–Crippen LogP) is 3.36. The number of halogens is 3. The molecule has 0 aromatic heterocycles. The van der Waals surface area contributed by atoms with E-state index in [1.807, 2.05) is 0 Å². The van der Waals surface area contributed by atoms with Gasteiger partial charge in [-0.3, -0.25) is 0 Å². The maximum Gasteiger partial charge on any atom is 0.416 e. The molecule has 2 aromatic rings. The highest BCUT2D eigenvalue weighted by Gasteiger charge is 2.30. The molecule has 0 atom stereocenters. The van der Waals surface area contributed by atoms with Crippen LogP contribution in [0.4, 0.5) is 18.9 Å². The van der Waals surface area contributed by atoms with Gasteiger partial charge in [-0.05, 0) is 29.8 Å². The number of hydrogen-bond acceptors (Lipinski definition) is 3. The second-order valence-corrected chi connectivity index (χ2v) is 6.62. The summed E-state index contributed by atoms with van der Waals surface area (Å²) >= 11 is 0. The van der Waals surface area contributed by atoms with Crippen molar-refractivity contribution in [2.45, 2.75) is 11.1 Å². The number of anilines is 1. The quantitative estimate of drug-likeness (QED) is 0.865. The van der Waals surface area contributed by atoms with Gasteiger partial charge in [0.2, 0.25) is 0 Å². The van der Waals surface area contributed by atoms with E-state index in [0.29, 0.717) is 5.56 Å². The van der Waals surface area contributed by atoms with Crippen LogP contribution in [0.5, 0.6) is 0 Å². The SMILES string of the molecule is CS(=O)(=O)c1ccc(-c2cccc(C(F)(F)F)c2)c(N)c1. The first-order valence-corrected chi connectivity index (χ1v) is 7.75. The fourth-order valence-electron chi connectivity index (χ4n) is 1.90. The molecule has 0 amide bonds. The molecule has 0 fully saturated rings. The Bertz CT molecular complexity index is 783. The molecule has 0 bridgehead atoms. The van der Waals surface area contributed by atoms with Crippen molar-refractivity contribution >= 4 is 15.5 Å². The van der Waals surface area contributed by atoms with Gasteiger partial charge in [-0.25, -0.2) is 8.42 Å². The van der Waals surface area contributed by atoms with Gasteiger partial charge in [0.1, 0.15) is 0 Å². The van der Waals surface area contributed by atoms with Gasteiger partial charge in [-0.1, -0.05) is 18.2 Å². The predicted molar refractivity (Wildman–Crippen MR) is 74.4 cm³/mol. The van der Waals surface area contributed by atoms with Crippen LogP contribution in [-0.2, 0) is 16.0 Å².